The van der Waals surface area contributed by atoms with E-state index in [1.807, 2.05) is 6.07 Å². The Morgan fingerprint density at radius 1 is 1.53 bits per heavy atom. The highest BCUT2D eigenvalue weighted by Gasteiger charge is 2.32. The minimum atomic E-state index is -0.276. The highest BCUT2D eigenvalue weighted by molar-refractivity contribution is 7.99. The minimum Gasteiger partial charge on any atom is -0.468 e. The third-order valence-corrected chi connectivity index (χ3v) is 4.32. The Morgan fingerprint density at radius 3 is 2.94 bits per heavy atom. The maximum atomic E-state index is 11.4. The number of hydrogen-bond donors (Lipinski definition) is 1. The van der Waals surface area contributed by atoms with E-state index in [-0.39, 0.29) is 17.4 Å². The Balaban J connectivity index is 2.12. The zero-order valence-electron chi connectivity index (χ0n) is 9.07. The second-order valence-electron chi connectivity index (χ2n) is 3.62. The fraction of sp³-hybridized carbons (Fsp3) is 0.364. The highest BCUT2D eigenvalue weighted by atomic mass is 35.5. The number of methoxy groups -OCH3 is 1. The summed E-state index contributed by atoms with van der Waals surface area (Å²) in [4.78, 5) is 11.4. The molecule has 3 nitrogen and oxygen atoms in total. The summed E-state index contributed by atoms with van der Waals surface area (Å²) >= 11 is 13.6. The normalized spacial score (nSPS) is 23.7. The predicted molar refractivity (Wildman–Crippen MR) is 70.6 cm³/mol. The van der Waals surface area contributed by atoms with Crippen LogP contribution in [0.4, 0.5) is 0 Å². The first-order valence-corrected chi connectivity index (χ1v) is 6.82. The molecule has 17 heavy (non-hydrogen) atoms. The van der Waals surface area contributed by atoms with Crippen molar-refractivity contribution in [2.75, 3.05) is 12.9 Å². The van der Waals surface area contributed by atoms with Crippen LogP contribution in [-0.4, -0.2) is 24.9 Å². The average molecular weight is 292 g/mol. The third kappa shape index (κ3) is 2.88. The number of esters is 1. The summed E-state index contributed by atoms with van der Waals surface area (Å²) in [5.74, 6) is 0.432. The minimum absolute atomic E-state index is 0.00358. The highest BCUT2D eigenvalue weighted by Crippen LogP contribution is 2.37. The van der Waals surface area contributed by atoms with Crippen molar-refractivity contribution in [3.8, 4) is 0 Å². The van der Waals surface area contributed by atoms with Gasteiger partial charge in [0.1, 0.15) is 6.04 Å². The lowest BCUT2D eigenvalue weighted by Gasteiger charge is -2.13. The van der Waals surface area contributed by atoms with E-state index < -0.39 is 0 Å². The van der Waals surface area contributed by atoms with Gasteiger partial charge in [-0.1, -0.05) is 29.3 Å². The number of thioether (sulfide) groups is 1. The number of rotatable bonds is 2. The van der Waals surface area contributed by atoms with Crippen molar-refractivity contribution in [3.63, 3.8) is 0 Å². The molecule has 0 aliphatic carbocycles. The molecule has 0 saturated carbocycles. The van der Waals surface area contributed by atoms with Crippen LogP contribution in [0, 0.1) is 0 Å². The van der Waals surface area contributed by atoms with Gasteiger partial charge < -0.3 is 4.74 Å². The lowest BCUT2D eigenvalue weighted by atomic mass is 10.2. The first-order valence-electron chi connectivity index (χ1n) is 5.02. The van der Waals surface area contributed by atoms with Gasteiger partial charge in [0.05, 0.1) is 12.5 Å². The van der Waals surface area contributed by atoms with Crippen LogP contribution in [0.2, 0.25) is 10.0 Å². The second kappa shape index (κ2) is 5.48. The van der Waals surface area contributed by atoms with Gasteiger partial charge in [0.2, 0.25) is 0 Å². The zero-order valence-corrected chi connectivity index (χ0v) is 11.4. The van der Waals surface area contributed by atoms with Crippen molar-refractivity contribution >= 4 is 40.9 Å². The summed E-state index contributed by atoms with van der Waals surface area (Å²) in [7, 11) is 1.39. The van der Waals surface area contributed by atoms with Crippen LogP contribution in [0.25, 0.3) is 0 Å². The van der Waals surface area contributed by atoms with Crippen molar-refractivity contribution in [3.05, 3.63) is 33.8 Å². The van der Waals surface area contributed by atoms with Crippen LogP contribution >= 0.6 is 35.0 Å². The smallest absolute Gasteiger partial charge is 0.323 e. The topological polar surface area (TPSA) is 38.3 Å². The van der Waals surface area contributed by atoms with Crippen molar-refractivity contribution in [1.82, 2.24) is 5.32 Å². The predicted octanol–water partition coefficient (Wildman–Crippen LogP) is 2.87. The maximum absolute atomic E-state index is 11.4. The number of benzene rings is 1. The molecule has 1 unspecified atom stereocenters. The quantitative estimate of drug-likeness (QED) is 0.851. The maximum Gasteiger partial charge on any atom is 0.323 e. The van der Waals surface area contributed by atoms with Crippen LogP contribution in [0.5, 0.6) is 0 Å². The lowest BCUT2D eigenvalue weighted by Crippen LogP contribution is -2.34. The molecule has 1 aromatic rings. The fourth-order valence-electron chi connectivity index (χ4n) is 1.64. The first-order chi connectivity index (χ1) is 8.11. The van der Waals surface area contributed by atoms with Gasteiger partial charge >= 0.3 is 5.97 Å². The monoisotopic (exact) mass is 291 g/mol. The molecule has 0 bridgehead atoms. The summed E-state index contributed by atoms with van der Waals surface area (Å²) < 4.78 is 4.70. The molecule has 92 valence electrons. The molecule has 1 fully saturated rings. The van der Waals surface area contributed by atoms with E-state index >= 15 is 0 Å². The SMILES string of the molecule is COC(=O)[C@H]1CSC(c2ccc(Cl)cc2Cl)N1. The van der Waals surface area contributed by atoms with Crippen LogP contribution < -0.4 is 5.32 Å². The molecule has 1 heterocycles. The van der Waals surface area contributed by atoms with E-state index in [9.17, 15) is 4.79 Å². The van der Waals surface area contributed by atoms with Crippen molar-refractivity contribution in [2.24, 2.45) is 0 Å². The molecular formula is C11H11Cl2NO2S. The second-order valence-corrected chi connectivity index (χ2v) is 5.60. The summed E-state index contributed by atoms with van der Waals surface area (Å²) in [6.45, 7) is 0. The Bertz CT molecular complexity index is 441. The van der Waals surface area contributed by atoms with Crippen LogP contribution in [0.15, 0.2) is 18.2 Å². The van der Waals surface area contributed by atoms with Gasteiger partial charge in [-0.25, -0.2) is 0 Å². The summed E-state index contributed by atoms with van der Waals surface area (Å²) in [6, 6.07) is 5.08. The van der Waals surface area contributed by atoms with Crippen LogP contribution in [-0.2, 0) is 9.53 Å². The molecule has 1 N–H and O–H groups in total. The molecule has 0 spiro atoms. The standard InChI is InChI=1S/C11H11Cl2NO2S/c1-16-11(15)9-5-17-10(14-9)7-3-2-6(12)4-8(7)13/h2-4,9-10,14H,5H2,1H3/t9-,10?/m1/s1. The van der Waals surface area contributed by atoms with Gasteiger partial charge in [-0.3, -0.25) is 10.1 Å². The molecule has 2 rings (SSSR count). The zero-order chi connectivity index (χ0) is 12.4. The van der Waals surface area contributed by atoms with Gasteiger partial charge in [-0.05, 0) is 17.7 Å². The number of carbonyl (C=O) groups excluding carboxylic acids is 1. The van der Waals surface area contributed by atoms with Gasteiger partial charge in [0, 0.05) is 15.8 Å². The van der Waals surface area contributed by atoms with Crippen molar-refractivity contribution in [1.29, 1.82) is 0 Å². The number of ether oxygens (including phenoxy) is 1. The first kappa shape index (κ1) is 13.0. The summed E-state index contributed by atoms with van der Waals surface area (Å²) in [5, 5.41) is 4.39. The van der Waals surface area contributed by atoms with Gasteiger partial charge in [-0.15, -0.1) is 11.8 Å². The van der Waals surface area contributed by atoms with E-state index in [4.69, 9.17) is 27.9 Å². The van der Waals surface area contributed by atoms with Crippen molar-refractivity contribution in [2.45, 2.75) is 11.4 Å². The van der Waals surface area contributed by atoms with E-state index in [0.717, 1.165) is 5.56 Å². The average Bonchev–Trinajstić information content (AvgIpc) is 2.77. The van der Waals surface area contributed by atoms with Gasteiger partial charge in [-0.2, -0.15) is 0 Å². The van der Waals surface area contributed by atoms with E-state index in [1.165, 1.54) is 7.11 Å². The largest absolute Gasteiger partial charge is 0.468 e. The number of nitrogens with one attached hydrogen (secondary N) is 1. The Kier molecular flexibility index (Phi) is 4.20. The molecule has 1 aliphatic heterocycles. The molecule has 6 heteroatoms. The molecule has 2 atom stereocenters. The molecule has 1 aromatic carbocycles. The number of carbonyl (C=O) groups is 1. The lowest BCUT2D eigenvalue weighted by molar-refractivity contribution is -0.142. The van der Waals surface area contributed by atoms with Crippen LogP contribution in [0.1, 0.15) is 10.9 Å². The fourth-order valence-corrected chi connectivity index (χ4v) is 3.49. The third-order valence-electron chi connectivity index (χ3n) is 2.51. The number of halogens is 2. The van der Waals surface area contributed by atoms with E-state index in [1.54, 1.807) is 23.9 Å². The van der Waals surface area contributed by atoms with Gasteiger partial charge in [0.25, 0.3) is 0 Å². The molecule has 0 radical (unpaired) electrons. The van der Waals surface area contributed by atoms with E-state index in [0.29, 0.717) is 15.8 Å². The van der Waals surface area contributed by atoms with Crippen molar-refractivity contribution < 1.29 is 9.53 Å². The molecule has 1 saturated heterocycles. The Hall–Kier alpha value is -0.420. The summed E-state index contributed by atoms with van der Waals surface area (Å²) in [5.41, 5.74) is 0.937. The molecule has 1 aliphatic rings. The van der Waals surface area contributed by atoms with Crippen LogP contribution in [0.3, 0.4) is 0 Å². The Morgan fingerprint density at radius 2 is 2.29 bits per heavy atom. The molecule has 0 aromatic heterocycles. The Labute approximate surface area is 114 Å². The van der Waals surface area contributed by atoms with Gasteiger partial charge in [0.15, 0.2) is 0 Å². The number of hydrogen-bond acceptors (Lipinski definition) is 4. The molecular weight excluding hydrogens is 281 g/mol. The van der Waals surface area contributed by atoms with E-state index in [2.05, 4.69) is 5.32 Å². The summed E-state index contributed by atoms with van der Waals surface area (Å²) in [6.07, 6.45) is 0. The molecule has 0 amide bonds.